The van der Waals surface area contributed by atoms with Crippen LogP contribution in [0.5, 0.6) is 0 Å². The summed E-state index contributed by atoms with van der Waals surface area (Å²) >= 11 is 3.40. The van der Waals surface area contributed by atoms with Crippen LogP contribution in [-0.4, -0.2) is 32.4 Å². The Balaban J connectivity index is 1.47. The van der Waals surface area contributed by atoms with Crippen LogP contribution in [0.25, 0.3) is 17.5 Å². The fourth-order valence-corrected chi connectivity index (χ4v) is 3.61. The van der Waals surface area contributed by atoms with Gasteiger partial charge in [-0.3, -0.25) is 14.9 Å². The number of nitro benzene ring substituents is 1. The highest BCUT2D eigenvalue weighted by Crippen LogP contribution is 2.32. The average Bonchev–Trinajstić information content (AvgIpc) is 3.42. The van der Waals surface area contributed by atoms with Crippen LogP contribution < -0.4 is 0 Å². The predicted octanol–water partition coefficient (Wildman–Crippen LogP) is 4.78. The fourth-order valence-electron chi connectivity index (χ4n) is 3.34. The van der Waals surface area contributed by atoms with Gasteiger partial charge < -0.3 is 9.42 Å². The highest BCUT2D eigenvalue weighted by molar-refractivity contribution is 9.10. The van der Waals surface area contributed by atoms with Crippen molar-refractivity contribution in [1.82, 2.24) is 15.0 Å². The molecule has 3 aromatic rings. The van der Waals surface area contributed by atoms with Crippen LogP contribution in [0.4, 0.5) is 5.69 Å². The number of nitro groups is 1. The number of carbonyl (C=O) groups excluding carboxylic acids is 1. The molecule has 1 aliphatic heterocycles. The maximum Gasteiger partial charge on any atom is 0.269 e. The molecular formula is C21H17BrN4O4. The first-order chi connectivity index (χ1) is 14.5. The van der Waals surface area contributed by atoms with Crippen molar-refractivity contribution in [2.45, 2.75) is 18.9 Å². The molecule has 0 saturated carbocycles. The van der Waals surface area contributed by atoms with E-state index in [1.807, 2.05) is 24.3 Å². The molecule has 0 spiro atoms. The Hall–Kier alpha value is -3.33. The van der Waals surface area contributed by atoms with Crippen molar-refractivity contribution >= 4 is 33.6 Å². The van der Waals surface area contributed by atoms with Gasteiger partial charge in [-0.25, -0.2) is 0 Å². The third-order valence-electron chi connectivity index (χ3n) is 4.89. The van der Waals surface area contributed by atoms with Crippen LogP contribution in [0, 0.1) is 10.1 Å². The van der Waals surface area contributed by atoms with Crippen molar-refractivity contribution in [2.24, 2.45) is 0 Å². The van der Waals surface area contributed by atoms with Gasteiger partial charge in [-0.2, -0.15) is 4.98 Å². The van der Waals surface area contributed by atoms with E-state index in [0.29, 0.717) is 23.8 Å². The van der Waals surface area contributed by atoms with E-state index in [0.717, 1.165) is 22.9 Å². The van der Waals surface area contributed by atoms with Crippen molar-refractivity contribution < 1.29 is 14.2 Å². The van der Waals surface area contributed by atoms with Gasteiger partial charge in [0.2, 0.25) is 17.6 Å². The first-order valence-corrected chi connectivity index (χ1v) is 10.1. The van der Waals surface area contributed by atoms with Crippen LogP contribution in [0.1, 0.15) is 30.3 Å². The summed E-state index contributed by atoms with van der Waals surface area (Å²) in [6.07, 6.45) is 4.70. The quantitative estimate of drug-likeness (QED) is 0.303. The van der Waals surface area contributed by atoms with Gasteiger partial charge in [0, 0.05) is 34.8 Å². The molecular weight excluding hydrogens is 452 g/mol. The number of benzene rings is 2. The Bertz CT molecular complexity index is 1090. The number of rotatable bonds is 5. The predicted molar refractivity (Wildman–Crippen MR) is 113 cm³/mol. The number of hydrogen-bond acceptors (Lipinski definition) is 6. The maximum absolute atomic E-state index is 12.7. The lowest BCUT2D eigenvalue weighted by Gasteiger charge is -2.20. The van der Waals surface area contributed by atoms with Crippen molar-refractivity contribution in [3.8, 4) is 11.4 Å². The average molecular weight is 469 g/mol. The molecule has 1 saturated heterocycles. The maximum atomic E-state index is 12.7. The van der Waals surface area contributed by atoms with Crippen LogP contribution in [-0.2, 0) is 4.79 Å². The van der Waals surface area contributed by atoms with Gasteiger partial charge in [0.25, 0.3) is 5.69 Å². The molecule has 0 radical (unpaired) electrons. The smallest absolute Gasteiger partial charge is 0.269 e. The van der Waals surface area contributed by atoms with E-state index in [4.69, 9.17) is 4.52 Å². The minimum Gasteiger partial charge on any atom is -0.337 e. The molecule has 1 fully saturated rings. The molecule has 8 nitrogen and oxygen atoms in total. The zero-order valence-corrected chi connectivity index (χ0v) is 17.4. The Labute approximate surface area is 180 Å². The highest BCUT2D eigenvalue weighted by atomic mass is 79.9. The van der Waals surface area contributed by atoms with E-state index in [-0.39, 0.29) is 17.6 Å². The SMILES string of the molecule is O=C(C=Cc1ccc([N+](=O)[O-])cc1)N1CCCC1c1nc(-c2ccc(Br)cc2)no1. The first kappa shape index (κ1) is 20.0. The topological polar surface area (TPSA) is 102 Å². The lowest BCUT2D eigenvalue weighted by atomic mass is 10.2. The van der Waals surface area contributed by atoms with Crippen LogP contribution in [0.3, 0.4) is 0 Å². The molecule has 9 heteroatoms. The molecule has 1 unspecified atom stereocenters. The second kappa shape index (κ2) is 8.58. The summed E-state index contributed by atoms with van der Waals surface area (Å²) in [6, 6.07) is 13.3. The standard InChI is InChI=1S/C21H17BrN4O4/c22-16-8-6-15(7-9-16)20-23-21(30-24-20)18-2-1-13-25(18)19(27)12-5-14-3-10-17(11-4-14)26(28)29/h3-12,18H,1-2,13H2. The highest BCUT2D eigenvalue weighted by Gasteiger charge is 2.33. The Morgan fingerprint density at radius 3 is 2.63 bits per heavy atom. The van der Waals surface area contributed by atoms with Crippen molar-refractivity contribution in [3.05, 3.63) is 80.6 Å². The molecule has 1 aliphatic rings. The van der Waals surface area contributed by atoms with Gasteiger partial charge in [0.05, 0.1) is 4.92 Å². The summed E-state index contributed by atoms with van der Waals surface area (Å²) in [5, 5.41) is 14.8. The van der Waals surface area contributed by atoms with Gasteiger partial charge in [-0.05, 0) is 60.9 Å². The Morgan fingerprint density at radius 1 is 1.20 bits per heavy atom. The molecule has 0 bridgehead atoms. The third-order valence-corrected chi connectivity index (χ3v) is 5.42. The van der Waals surface area contributed by atoms with Crippen molar-refractivity contribution in [3.63, 3.8) is 0 Å². The number of nitrogens with zero attached hydrogens (tertiary/aromatic N) is 4. The summed E-state index contributed by atoms with van der Waals surface area (Å²) < 4.78 is 6.42. The van der Waals surface area contributed by atoms with E-state index >= 15 is 0 Å². The molecule has 4 rings (SSSR count). The van der Waals surface area contributed by atoms with Gasteiger partial charge in [-0.15, -0.1) is 0 Å². The first-order valence-electron chi connectivity index (χ1n) is 9.34. The van der Waals surface area contributed by atoms with Crippen LogP contribution in [0.2, 0.25) is 0 Å². The Kier molecular flexibility index (Phi) is 5.71. The zero-order valence-electron chi connectivity index (χ0n) is 15.8. The van der Waals surface area contributed by atoms with E-state index in [1.54, 1.807) is 23.1 Å². The molecule has 0 N–H and O–H groups in total. The van der Waals surface area contributed by atoms with E-state index < -0.39 is 4.92 Å². The molecule has 152 valence electrons. The molecule has 1 atom stereocenters. The number of halogens is 1. The number of aromatic nitrogens is 2. The van der Waals surface area contributed by atoms with Gasteiger partial charge >= 0.3 is 0 Å². The molecule has 30 heavy (non-hydrogen) atoms. The van der Waals surface area contributed by atoms with Gasteiger partial charge in [-0.1, -0.05) is 21.1 Å². The van der Waals surface area contributed by atoms with Gasteiger partial charge in [0.15, 0.2) is 0 Å². The summed E-state index contributed by atoms with van der Waals surface area (Å²) in [7, 11) is 0. The summed E-state index contributed by atoms with van der Waals surface area (Å²) in [6.45, 7) is 0.601. The van der Waals surface area contributed by atoms with E-state index in [1.165, 1.54) is 18.2 Å². The molecule has 2 aromatic carbocycles. The summed E-state index contributed by atoms with van der Waals surface area (Å²) in [4.78, 5) is 29.2. The van der Waals surface area contributed by atoms with Crippen molar-refractivity contribution in [2.75, 3.05) is 6.54 Å². The van der Waals surface area contributed by atoms with Crippen LogP contribution in [0.15, 0.2) is 63.6 Å². The monoisotopic (exact) mass is 468 g/mol. The molecule has 0 aliphatic carbocycles. The lowest BCUT2D eigenvalue weighted by Crippen LogP contribution is -2.29. The fraction of sp³-hybridized carbons (Fsp3) is 0.190. The molecule has 2 heterocycles. The Morgan fingerprint density at radius 2 is 1.93 bits per heavy atom. The minimum absolute atomic E-state index is 0.0102. The van der Waals surface area contributed by atoms with Crippen molar-refractivity contribution in [1.29, 1.82) is 0 Å². The summed E-state index contributed by atoms with van der Waals surface area (Å²) in [5.41, 5.74) is 1.55. The number of non-ortho nitro benzene ring substituents is 1. The minimum atomic E-state index is -0.458. The number of carbonyl (C=O) groups is 1. The van der Waals surface area contributed by atoms with E-state index in [2.05, 4.69) is 26.1 Å². The van der Waals surface area contributed by atoms with Crippen LogP contribution >= 0.6 is 15.9 Å². The third kappa shape index (κ3) is 4.30. The zero-order chi connectivity index (χ0) is 21.1. The second-order valence-corrected chi connectivity index (χ2v) is 7.75. The number of hydrogen-bond donors (Lipinski definition) is 0. The largest absolute Gasteiger partial charge is 0.337 e. The molecule has 1 aromatic heterocycles. The van der Waals surface area contributed by atoms with Gasteiger partial charge in [0.1, 0.15) is 6.04 Å². The lowest BCUT2D eigenvalue weighted by molar-refractivity contribution is -0.384. The summed E-state index contributed by atoms with van der Waals surface area (Å²) in [5.74, 6) is 0.736. The van der Waals surface area contributed by atoms with E-state index in [9.17, 15) is 14.9 Å². The number of likely N-dealkylation sites (tertiary alicyclic amines) is 1. The normalized spacial score (nSPS) is 16.3. The number of amides is 1. The second-order valence-electron chi connectivity index (χ2n) is 6.83. The molecule has 1 amide bonds.